The summed E-state index contributed by atoms with van der Waals surface area (Å²) in [7, 11) is 1.71. The van der Waals surface area contributed by atoms with Crippen LogP contribution in [0.1, 0.15) is 24.1 Å². The van der Waals surface area contributed by atoms with Crippen LogP contribution in [0.5, 0.6) is 0 Å². The molecule has 0 N–H and O–H groups in total. The van der Waals surface area contributed by atoms with Crippen LogP contribution < -0.4 is 0 Å². The van der Waals surface area contributed by atoms with Crippen molar-refractivity contribution in [1.29, 1.82) is 0 Å². The summed E-state index contributed by atoms with van der Waals surface area (Å²) in [5.74, 6) is -0.532. The van der Waals surface area contributed by atoms with E-state index in [0.717, 1.165) is 11.1 Å². The lowest BCUT2D eigenvalue weighted by Gasteiger charge is -2.34. The fourth-order valence-electron chi connectivity index (χ4n) is 3.09. The summed E-state index contributed by atoms with van der Waals surface area (Å²) in [5, 5.41) is 0. The third-order valence-corrected chi connectivity index (χ3v) is 4.31. The molecule has 132 valence electrons. The number of ether oxygens (including phenoxy) is 1. The summed E-state index contributed by atoms with van der Waals surface area (Å²) in [6.07, 6.45) is 3.45. The van der Waals surface area contributed by atoms with Crippen molar-refractivity contribution in [3.8, 4) is 0 Å². The zero-order chi connectivity index (χ0) is 18.5. The molecule has 1 aliphatic rings. The second-order valence-electron chi connectivity index (χ2n) is 6.06. The zero-order valence-corrected chi connectivity index (χ0v) is 14.9. The Balaban J connectivity index is 2.10. The van der Waals surface area contributed by atoms with E-state index in [1.54, 1.807) is 31.0 Å². The highest BCUT2D eigenvalue weighted by Gasteiger charge is 2.35. The molecule has 2 aromatic rings. The number of esters is 1. The highest BCUT2D eigenvalue weighted by Crippen LogP contribution is 2.34. The number of hydrogen-bond acceptors (Lipinski definition) is 3. The third-order valence-electron chi connectivity index (χ3n) is 4.31. The molecule has 4 heteroatoms. The summed E-state index contributed by atoms with van der Waals surface area (Å²) in [6, 6.07) is 18.6. The first kappa shape index (κ1) is 17.7. The second kappa shape index (κ2) is 7.83. The minimum absolute atomic E-state index is 0.129. The first-order chi connectivity index (χ1) is 12.6. The maximum Gasteiger partial charge on any atom is 0.336 e. The molecule has 0 spiro atoms. The minimum atomic E-state index is -0.462. The largest absolute Gasteiger partial charge is 0.463 e. The van der Waals surface area contributed by atoms with Gasteiger partial charge >= 0.3 is 5.97 Å². The van der Waals surface area contributed by atoms with Crippen molar-refractivity contribution in [2.75, 3.05) is 13.7 Å². The topological polar surface area (TPSA) is 46.6 Å². The van der Waals surface area contributed by atoms with E-state index in [1.807, 2.05) is 60.7 Å². The predicted octanol–water partition coefficient (Wildman–Crippen LogP) is 3.77. The van der Waals surface area contributed by atoms with Gasteiger partial charge in [0.1, 0.15) is 0 Å². The van der Waals surface area contributed by atoms with Crippen LogP contribution >= 0.6 is 0 Å². The van der Waals surface area contributed by atoms with Crippen LogP contribution in [0.2, 0.25) is 0 Å². The number of carbonyl (C=O) groups is 2. The summed E-state index contributed by atoms with van der Waals surface area (Å²) in [6.45, 7) is 2.06. The van der Waals surface area contributed by atoms with E-state index in [0.29, 0.717) is 11.1 Å². The lowest BCUT2D eigenvalue weighted by molar-refractivity contribution is -0.140. The SMILES string of the molecule is CCOC(=O)C1=C/C(=C\c2ccccc2)C(=O)N(C)C1c1ccccc1. The fourth-order valence-corrected chi connectivity index (χ4v) is 3.09. The van der Waals surface area contributed by atoms with Crippen molar-refractivity contribution in [1.82, 2.24) is 4.90 Å². The lowest BCUT2D eigenvalue weighted by Crippen LogP contribution is -2.38. The van der Waals surface area contributed by atoms with E-state index in [4.69, 9.17) is 4.74 Å². The highest BCUT2D eigenvalue weighted by molar-refractivity contribution is 6.06. The van der Waals surface area contributed by atoms with Crippen molar-refractivity contribution in [2.24, 2.45) is 0 Å². The molecule has 2 aromatic carbocycles. The summed E-state index contributed by atoms with van der Waals surface area (Å²) < 4.78 is 5.24. The maximum absolute atomic E-state index is 12.9. The standard InChI is InChI=1S/C22H21NO3/c1-3-26-22(25)19-15-18(14-16-10-6-4-7-11-16)21(24)23(2)20(19)17-12-8-5-9-13-17/h4-15,20H,3H2,1-2H3/b18-14+. The van der Waals surface area contributed by atoms with Crippen molar-refractivity contribution in [2.45, 2.75) is 13.0 Å². The Kier molecular flexibility index (Phi) is 5.32. The molecular formula is C22H21NO3. The molecule has 1 atom stereocenters. The van der Waals surface area contributed by atoms with Crippen LogP contribution in [0.25, 0.3) is 6.08 Å². The Hall–Kier alpha value is -3.14. The van der Waals surface area contributed by atoms with Crippen LogP contribution in [0.15, 0.2) is 77.9 Å². The molecule has 0 fully saturated rings. The monoisotopic (exact) mass is 347 g/mol. The van der Waals surface area contributed by atoms with Gasteiger partial charge in [0.2, 0.25) is 0 Å². The normalized spacial score (nSPS) is 18.6. The number of carbonyl (C=O) groups excluding carboxylic acids is 2. The van der Waals surface area contributed by atoms with Crippen LogP contribution in [0, 0.1) is 0 Å². The molecule has 26 heavy (non-hydrogen) atoms. The van der Waals surface area contributed by atoms with E-state index in [9.17, 15) is 9.59 Å². The quantitative estimate of drug-likeness (QED) is 0.625. The second-order valence-corrected chi connectivity index (χ2v) is 6.06. The molecule has 4 nitrogen and oxygen atoms in total. The Morgan fingerprint density at radius 1 is 1.08 bits per heavy atom. The molecule has 1 heterocycles. The Bertz CT molecular complexity index is 853. The zero-order valence-electron chi connectivity index (χ0n) is 14.9. The van der Waals surface area contributed by atoms with Crippen molar-refractivity contribution in [3.05, 3.63) is 89.0 Å². The molecular weight excluding hydrogens is 326 g/mol. The van der Waals surface area contributed by atoms with Crippen LogP contribution in [0.4, 0.5) is 0 Å². The average molecular weight is 347 g/mol. The van der Waals surface area contributed by atoms with Crippen LogP contribution in [-0.4, -0.2) is 30.4 Å². The summed E-state index contributed by atoms with van der Waals surface area (Å²) >= 11 is 0. The molecule has 1 amide bonds. The molecule has 1 aliphatic heterocycles. The van der Waals surface area contributed by atoms with E-state index in [2.05, 4.69) is 0 Å². The maximum atomic E-state index is 12.9. The molecule has 0 aliphatic carbocycles. The molecule has 0 bridgehead atoms. The van der Waals surface area contributed by atoms with Gasteiger partial charge in [0, 0.05) is 12.6 Å². The van der Waals surface area contributed by atoms with Gasteiger partial charge in [0.05, 0.1) is 18.2 Å². The lowest BCUT2D eigenvalue weighted by atomic mass is 9.90. The number of rotatable bonds is 4. The van der Waals surface area contributed by atoms with Gasteiger partial charge in [0.25, 0.3) is 5.91 Å². The van der Waals surface area contributed by atoms with Crippen molar-refractivity contribution < 1.29 is 14.3 Å². The third kappa shape index (κ3) is 3.59. The first-order valence-electron chi connectivity index (χ1n) is 8.59. The molecule has 0 aromatic heterocycles. The van der Waals surface area contributed by atoms with Crippen LogP contribution in [0.3, 0.4) is 0 Å². The first-order valence-corrected chi connectivity index (χ1v) is 8.59. The van der Waals surface area contributed by atoms with Gasteiger partial charge in [-0.1, -0.05) is 60.7 Å². The Morgan fingerprint density at radius 2 is 1.69 bits per heavy atom. The minimum Gasteiger partial charge on any atom is -0.463 e. The van der Waals surface area contributed by atoms with E-state index < -0.39 is 12.0 Å². The number of likely N-dealkylation sites (N-methyl/N-ethyl adjacent to an activating group) is 1. The number of benzene rings is 2. The molecule has 1 unspecified atom stereocenters. The Labute approximate surface area is 153 Å². The van der Waals surface area contributed by atoms with Gasteiger partial charge < -0.3 is 9.64 Å². The molecule has 0 saturated heterocycles. The predicted molar refractivity (Wildman–Crippen MR) is 101 cm³/mol. The van der Waals surface area contributed by atoms with Gasteiger partial charge in [0.15, 0.2) is 0 Å². The van der Waals surface area contributed by atoms with Gasteiger partial charge in [-0.2, -0.15) is 0 Å². The van der Waals surface area contributed by atoms with Gasteiger partial charge in [-0.3, -0.25) is 4.79 Å². The van der Waals surface area contributed by atoms with E-state index in [1.165, 1.54) is 0 Å². The fraction of sp³-hybridized carbons (Fsp3) is 0.182. The van der Waals surface area contributed by atoms with Gasteiger partial charge in [-0.25, -0.2) is 4.79 Å². The molecule has 0 radical (unpaired) electrons. The van der Waals surface area contributed by atoms with Crippen molar-refractivity contribution in [3.63, 3.8) is 0 Å². The molecule has 0 saturated carbocycles. The van der Waals surface area contributed by atoms with Crippen molar-refractivity contribution >= 4 is 18.0 Å². The summed E-state index contributed by atoms with van der Waals surface area (Å²) in [5.41, 5.74) is 2.71. The average Bonchev–Trinajstić information content (AvgIpc) is 2.67. The van der Waals surface area contributed by atoms with E-state index >= 15 is 0 Å². The van der Waals surface area contributed by atoms with Gasteiger partial charge in [-0.15, -0.1) is 0 Å². The smallest absolute Gasteiger partial charge is 0.336 e. The van der Waals surface area contributed by atoms with E-state index in [-0.39, 0.29) is 12.5 Å². The summed E-state index contributed by atoms with van der Waals surface area (Å²) in [4.78, 5) is 27.1. The highest BCUT2D eigenvalue weighted by atomic mass is 16.5. The number of amides is 1. The van der Waals surface area contributed by atoms with Crippen LogP contribution in [-0.2, 0) is 14.3 Å². The molecule has 3 rings (SSSR count). The van der Waals surface area contributed by atoms with Gasteiger partial charge in [-0.05, 0) is 30.2 Å². The number of nitrogens with zero attached hydrogens (tertiary/aromatic N) is 1. The Morgan fingerprint density at radius 3 is 2.31 bits per heavy atom. The number of hydrogen-bond donors (Lipinski definition) is 0.